The molecule has 15 heteroatoms. The molecule has 0 N–H and O–H groups in total. The first-order valence-electron chi connectivity index (χ1n) is 15.1. The van der Waals surface area contributed by atoms with Crippen molar-refractivity contribution in [3.63, 3.8) is 0 Å². The molecule has 0 amide bonds. The topological polar surface area (TPSA) is 189 Å². The summed E-state index contributed by atoms with van der Waals surface area (Å²) < 4.78 is 50.3. The van der Waals surface area contributed by atoms with Crippen molar-refractivity contribution >= 4 is 40.8 Å². The molecule has 1 aromatic carbocycles. The zero-order valence-corrected chi connectivity index (χ0v) is 26.9. The fourth-order valence-corrected chi connectivity index (χ4v) is 5.49. The number of ether oxygens (including phenoxy) is 8. The molecule has 0 radical (unpaired) electrons. The molecule has 1 saturated carbocycles. The van der Waals surface area contributed by atoms with E-state index in [4.69, 9.17) is 42.3 Å². The Kier molecular flexibility index (Phi) is 11.4. The largest absolute Gasteiger partial charge is 0.485 e. The van der Waals surface area contributed by atoms with Crippen LogP contribution in [-0.2, 0) is 47.7 Å². The first kappa shape index (κ1) is 35.2. The van der Waals surface area contributed by atoms with Gasteiger partial charge >= 0.3 is 35.5 Å². The van der Waals surface area contributed by atoms with E-state index < -0.39 is 72.8 Å². The molecule has 15 nitrogen and oxygen atoms in total. The number of benzene rings is 1. The SMILES string of the molecule is CC(=O)OC[C@H]1O[C@@H](Oc2ccc3c(OC4CCC(C)CC4)c(OC(C)=O)c(=O)oc3c2)[C@H](OC(C)=O)[C@@H](OC(C)=O)[C@@H]1OC(C)=O. The van der Waals surface area contributed by atoms with Gasteiger partial charge in [0.2, 0.25) is 12.4 Å². The average molecular weight is 663 g/mol. The summed E-state index contributed by atoms with van der Waals surface area (Å²) in [5, 5.41) is 0.313. The molecule has 1 saturated heterocycles. The van der Waals surface area contributed by atoms with Gasteiger partial charge < -0.3 is 42.3 Å². The van der Waals surface area contributed by atoms with E-state index in [2.05, 4.69) is 6.92 Å². The summed E-state index contributed by atoms with van der Waals surface area (Å²) in [7, 11) is 0. The van der Waals surface area contributed by atoms with E-state index in [0.717, 1.165) is 60.3 Å². The molecule has 0 spiro atoms. The summed E-state index contributed by atoms with van der Waals surface area (Å²) in [6.07, 6.45) is -3.90. The maximum atomic E-state index is 13.0. The summed E-state index contributed by atoms with van der Waals surface area (Å²) in [5.74, 6) is -3.53. The van der Waals surface area contributed by atoms with Gasteiger partial charge in [0.25, 0.3) is 5.75 Å². The zero-order chi connectivity index (χ0) is 34.4. The minimum Gasteiger partial charge on any atom is -0.485 e. The van der Waals surface area contributed by atoms with E-state index in [1.165, 1.54) is 18.2 Å². The summed E-state index contributed by atoms with van der Waals surface area (Å²) in [4.78, 5) is 72.7. The predicted molar refractivity (Wildman–Crippen MR) is 158 cm³/mol. The molecule has 1 aliphatic carbocycles. The van der Waals surface area contributed by atoms with Crippen LogP contribution in [0.3, 0.4) is 0 Å². The number of rotatable bonds is 10. The highest BCUT2D eigenvalue weighted by Gasteiger charge is 2.53. The molecule has 0 bridgehead atoms. The van der Waals surface area contributed by atoms with Crippen LogP contribution < -0.4 is 19.8 Å². The van der Waals surface area contributed by atoms with Crippen molar-refractivity contribution in [3.8, 4) is 17.2 Å². The van der Waals surface area contributed by atoms with E-state index in [1.54, 1.807) is 0 Å². The standard InChI is InChI=1S/C32H38O15/c1-15-7-9-21(10-8-15)44-26-23-12-11-22(13-24(23)46-31(38)29(26)42-19(5)36)45-32-30(43-20(6)37)28(41-18(4)35)27(40-17(3)34)25(47-32)14-39-16(2)33/h11-13,15,21,25,27-28,30,32H,7-10,14H2,1-6H3/t15?,21?,25-,27-,28+,30-,32-/m1/s1. The van der Waals surface area contributed by atoms with Crippen molar-refractivity contribution in [2.24, 2.45) is 5.92 Å². The van der Waals surface area contributed by atoms with Crippen molar-refractivity contribution in [1.29, 1.82) is 0 Å². The van der Waals surface area contributed by atoms with E-state index >= 15 is 0 Å². The lowest BCUT2D eigenvalue weighted by Gasteiger charge is -2.43. The number of hydrogen-bond donors (Lipinski definition) is 0. The molecular weight excluding hydrogens is 624 g/mol. The van der Waals surface area contributed by atoms with Crippen molar-refractivity contribution in [3.05, 3.63) is 28.6 Å². The van der Waals surface area contributed by atoms with Crippen LogP contribution in [0.25, 0.3) is 11.0 Å². The Morgan fingerprint density at radius 2 is 1.36 bits per heavy atom. The van der Waals surface area contributed by atoms with Crippen LogP contribution >= 0.6 is 0 Å². The maximum Gasteiger partial charge on any atom is 0.383 e. The molecule has 0 unspecified atom stereocenters. The van der Waals surface area contributed by atoms with Crippen LogP contribution in [-0.4, -0.2) is 73.3 Å². The molecule has 256 valence electrons. The van der Waals surface area contributed by atoms with Crippen LogP contribution in [0.1, 0.15) is 67.2 Å². The first-order valence-corrected chi connectivity index (χ1v) is 15.1. The Hall–Kier alpha value is -4.66. The Morgan fingerprint density at radius 1 is 0.745 bits per heavy atom. The van der Waals surface area contributed by atoms with E-state index in [-0.39, 0.29) is 28.9 Å². The molecule has 2 aliphatic rings. The zero-order valence-electron chi connectivity index (χ0n) is 26.9. The highest BCUT2D eigenvalue weighted by molar-refractivity contribution is 5.87. The van der Waals surface area contributed by atoms with E-state index in [1.807, 2.05) is 0 Å². The lowest BCUT2D eigenvalue weighted by atomic mass is 9.89. The predicted octanol–water partition coefficient (Wildman–Crippen LogP) is 3.14. The monoisotopic (exact) mass is 662 g/mol. The van der Waals surface area contributed by atoms with Crippen LogP contribution in [0.5, 0.6) is 17.2 Å². The highest BCUT2D eigenvalue weighted by atomic mass is 16.7. The van der Waals surface area contributed by atoms with Crippen LogP contribution in [0, 0.1) is 5.92 Å². The third-order valence-corrected chi connectivity index (χ3v) is 7.49. The number of esters is 5. The van der Waals surface area contributed by atoms with Crippen molar-refractivity contribution in [2.45, 2.75) is 104 Å². The minimum absolute atomic E-state index is 0.00761. The van der Waals surface area contributed by atoms with Gasteiger partial charge in [0.1, 0.15) is 24.0 Å². The van der Waals surface area contributed by atoms with Gasteiger partial charge in [0.15, 0.2) is 18.0 Å². The van der Waals surface area contributed by atoms with Gasteiger partial charge in [-0.25, -0.2) is 4.79 Å². The van der Waals surface area contributed by atoms with Crippen LogP contribution in [0.4, 0.5) is 0 Å². The number of carbonyl (C=O) groups is 5. The molecule has 2 fully saturated rings. The normalized spacial score (nSPS) is 25.6. The third-order valence-electron chi connectivity index (χ3n) is 7.49. The Balaban J connectivity index is 1.73. The molecule has 2 heterocycles. The smallest absolute Gasteiger partial charge is 0.383 e. The summed E-state index contributed by atoms with van der Waals surface area (Å²) in [5.41, 5.74) is -0.954. The van der Waals surface area contributed by atoms with Gasteiger partial charge in [0.05, 0.1) is 11.5 Å². The average Bonchev–Trinajstić information content (AvgIpc) is 2.97. The van der Waals surface area contributed by atoms with Crippen molar-refractivity contribution in [2.75, 3.05) is 6.61 Å². The van der Waals surface area contributed by atoms with E-state index in [0.29, 0.717) is 11.3 Å². The fourth-order valence-electron chi connectivity index (χ4n) is 5.49. The maximum absolute atomic E-state index is 13.0. The van der Waals surface area contributed by atoms with Gasteiger partial charge in [-0.05, 0) is 43.7 Å². The molecule has 47 heavy (non-hydrogen) atoms. The second kappa shape index (κ2) is 15.3. The summed E-state index contributed by atoms with van der Waals surface area (Å²) in [6, 6.07) is 4.34. The van der Waals surface area contributed by atoms with Crippen LogP contribution in [0.15, 0.2) is 27.4 Å². The van der Waals surface area contributed by atoms with Crippen LogP contribution in [0.2, 0.25) is 0 Å². The summed E-state index contributed by atoms with van der Waals surface area (Å²) in [6.45, 7) is 7.34. The molecule has 1 aromatic heterocycles. The molecule has 1 aliphatic heterocycles. The Bertz CT molecular complexity index is 1550. The van der Waals surface area contributed by atoms with Gasteiger partial charge in [-0.3, -0.25) is 24.0 Å². The first-order chi connectivity index (χ1) is 22.2. The second-order valence-corrected chi connectivity index (χ2v) is 11.5. The van der Waals surface area contributed by atoms with Gasteiger partial charge in [-0.15, -0.1) is 0 Å². The van der Waals surface area contributed by atoms with Gasteiger partial charge in [0, 0.05) is 40.7 Å². The number of fused-ring (bicyclic) bond motifs is 1. The van der Waals surface area contributed by atoms with Gasteiger partial charge in [-0.1, -0.05) is 6.92 Å². The second-order valence-electron chi connectivity index (χ2n) is 11.5. The molecule has 2 aromatic rings. The minimum atomic E-state index is -1.51. The summed E-state index contributed by atoms with van der Waals surface area (Å²) >= 11 is 0. The molecular formula is C32H38O15. The quantitative estimate of drug-likeness (QED) is 0.205. The Labute approximate surface area is 269 Å². The van der Waals surface area contributed by atoms with E-state index in [9.17, 15) is 28.8 Å². The lowest BCUT2D eigenvalue weighted by molar-refractivity contribution is -0.288. The number of hydrogen-bond acceptors (Lipinski definition) is 15. The van der Waals surface area contributed by atoms with Crippen molar-refractivity contribution < 1.29 is 66.3 Å². The fraction of sp³-hybridized carbons (Fsp3) is 0.562. The highest BCUT2D eigenvalue weighted by Crippen LogP contribution is 2.39. The molecule has 4 rings (SSSR count). The third kappa shape index (κ3) is 9.21. The number of carbonyl (C=O) groups excluding carboxylic acids is 5. The molecule has 5 atom stereocenters. The van der Waals surface area contributed by atoms with Gasteiger partial charge in [-0.2, -0.15) is 0 Å². The lowest BCUT2D eigenvalue weighted by Crippen LogP contribution is -2.63. The van der Waals surface area contributed by atoms with Crippen molar-refractivity contribution in [1.82, 2.24) is 0 Å². The Morgan fingerprint density at radius 3 is 1.96 bits per heavy atom.